The molecule has 0 atom stereocenters. The number of sulfone groups is 3. The van der Waals surface area contributed by atoms with Crippen LogP contribution in [-0.4, -0.2) is 41.6 Å². The molecule has 0 amide bonds. The van der Waals surface area contributed by atoms with Crippen LogP contribution < -0.4 is 0 Å². The maximum Gasteiger partial charge on any atom is 0.283 e. The summed E-state index contributed by atoms with van der Waals surface area (Å²) in [5.41, 5.74) is 0. The molecule has 0 heterocycles. The Morgan fingerprint density at radius 1 is 0.647 bits per heavy atom. The lowest BCUT2D eigenvalue weighted by Crippen LogP contribution is -2.46. The van der Waals surface area contributed by atoms with Gasteiger partial charge >= 0.3 is 0 Å². The van der Waals surface area contributed by atoms with Crippen LogP contribution in [0.15, 0.2) is 0 Å². The second-order valence-electron chi connectivity index (χ2n) is 2.97. The zero-order valence-corrected chi connectivity index (χ0v) is 17.0. The summed E-state index contributed by atoms with van der Waals surface area (Å²) < 4.78 is 64.2. The molecule has 0 aromatic rings. The molecule has 0 rings (SSSR count). The van der Waals surface area contributed by atoms with E-state index in [0.29, 0.717) is 12.5 Å². The summed E-state index contributed by atoms with van der Waals surface area (Å²) in [4.78, 5) is 0. The van der Waals surface area contributed by atoms with Crippen LogP contribution >= 0.6 is 63.7 Å². The lowest BCUT2D eigenvalue weighted by molar-refractivity contribution is 0.583. The van der Waals surface area contributed by atoms with Gasteiger partial charge in [0.25, 0.3) is 3.80 Å². The molecule has 0 N–H and O–H groups in total. The number of hydrogen-bond acceptors (Lipinski definition) is 6. The van der Waals surface area contributed by atoms with Gasteiger partial charge in [-0.2, -0.15) is 0 Å². The van der Waals surface area contributed by atoms with E-state index in [4.69, 9.17) is 0 Å². The summed E-state index contributed by atoms with van der Waals surface area (Å²) in [7, 11) is -13.1. The highest BCUT2D eigenvalue weighted by Crippen LogP contribution is 2.51. The van der Waals surface area contributed by atoms with E-state index in [1.807, 2.05) is 0 Å². The van der Waals surface area contributed by atoms with Crippen LogP contribution in [-0.2, 0) is 29.5 Å². The molecule has 0 fully saturated rings. The van der Waals surface area contributed by atoms with Crippen molar-refractivity contribution in [3.05, 3.63) is 0 Å². The minimum Gasteiger partial charge on any atom is -0.226 e. The normalized spacial score (nSPS) is 15.9. The van der Waals surface area contributed by atoms with E-state index >= 15 is 0 Å². The third kappa shape index (κ3) is 3.10. The molecule has 0 spiro atoms. The average molecular weight is 566 g/mol. The summed E-state index contributed by atoms with van der Waals surface area (Å²) in [5, 5.41) is 0. The first kappa shape index (κ1) is 18.8. The Labute approximate surface area is 133 Å². The molecule has 0 aliphatic heterocycles. The molecule has 0 saturated carbocycles. The van der Waals surface area contributed by atoms with Crippen molar-refractivity contribution in [3.8, 4) is 0 Å². The lowest BCUT2D eigenvalue weighted by Gasteiger charge is -2.26. The maximum atomic E-state index is 12.0. The van der Waals surface area contributed by atoms with E-state index in [-0.39, 0.29) is 0 Å². The van der Waals surface area contributed by atoms with E-state index in [2.05, 4.69) is 63.7 Å². The summed E-state index contributed by atoms with van der Waals surface area (Å²) in [6.45, 7) is 0. The first-order valence-electron chi connectivity index (χ1n) is 3.39. The van der Waals surface area contributed by atoms with Gasteiger partial charge < -0.3 is 0 Å². The van der Waals surface area contributed by atoms with Crippen molar-refractivity contribution in [1.82, 2.24) is 0 Å². The second-order valence-corrected chi connectivity index (χ2v) is 21.1. The van der Waals surface area contributed by atoms with Crippen molar-refractivity contribution in [3.63, 3.8) is 0 Å². The van der Waals surface area contributed by atoms with Crippen LogP contribution in [0, 0.1) is 0 Å². The Morgan fingerprint density at radius 2 is 0.824 bits per heavy atom. The van der Waals surface area contributed by atoms with Crippen LogP contribution in [0.3, 0.4) is 0 Å². The van der Waals surface area contributed by atoms with E-state index in [9.17, 15) is 25.3 Å². The van der Waals surface area contributed by atoms with E-state index < -0.39 is 33.3 Å². The van der Waals surface area contributed by atoms with Crippen molar-refractivity contribution < 1.29 is 25.3 Å². The molecule has 0 bridgehead atoms. The standard InChI is InChI=1S/C4H6Br4O6S3/c1-15(9,10)3(5,6)17(13,14)4(7,8)16(2,11)12/h1-2H3. The maximum absolute atomic E-state index is 12.0. The van der Waals surface area contributed by atoms with Gasteiger partial charge in [0.2, 0.25) is 9.84 Å². The van der Waals surface area contributed by atoms with E-state index in [1.165, 1.54) is 0 Å². The molecule has 0 aromatic carbocycles. The predicted molar refractivity (Wildman–Crippen MR) is 79.8 cm³/mol. The predicted octanol–water partition coefficient (Wildman–Crippen LogP) is 1.29. The summed E-state index contributed by atoms with van der Waals surface area (Å²) >= 11 is 9.87. The van der Waals surface area contributed by atoms with Crippen molar-refractivity contribution in [2.45, 2.75) is 3.80 Å². The van der Waals surface area contributed by atoms with Crippen LogP contribution in [0.4, 0.5) is 0 Å². The smallest absolute Gasteiger partial charge is 0.226 e. The van der Waals surface area contributed by atoms with Crippen LogP contribution in [0.1, 0.15) is 0 Å². The van der Waals surface area contributed by atoms with Gasteiger partial charge in [0.15, 0.2) is 19.7 Å². The molecule has 17 heavy (non-hydrogen) atoms. The first-order valence-corrected chi connectivity index (χ1v) is 11.8. The highest BCUT2D eigenvalue weighted by molar-refractivity contribution is 9.34. The minimum atomic E-state index is -4.76. The fourth-order valence-electron chi connectivity index (χ4n) is 0.537. The Bertz CT molecular complexity index is 562. The molecular formula is C4H6Br4O6S3. The van der Waals surface area contributed by atoms with E-state index in [0.717, 1.165) is 0 Å². The summed E-state index contributed by atoms with van der Waals surface area (Å²) in [5.74, 6) is 0. The molecule has 0 saturated heterocycles. The van der Waals surface area contributed by atoms with Crippen LogP contribution in [0.25, 0.3) is 0 Å². The lowest BCUT2D eigenvalue weighted by atomic mass is 11.8. The molecule has 0 aliphatic carbocycles. The van der Waals surface area contributed by atoms with Gasteiger partial charge in [-0.15, -0.1) is 0 Å². The fraction of sp³-hybridized carbons (Fsp3) is 1.00. The van der Waals surface area contributed by atoms with Gasteiger partial charge in [0.1, 0.15) is 0 Å². The SMILES string of the molecule is CS(=O)(=O)C(Br)(Br)S(=O)(=O)C(Br)(Br)S(C)(=O)=O. The topological polar surface area (TPSA) is 102 Å². The summed E-state index contributed by atoms with van der Waals surface area (Å²) in [6.07, 6.45) is 1.26. The van der Waals surface area contributed by atoms with Gasteiger partial charge in [-0.3, -0.25) is 0 Å². The third-order valence-electron chi connectivity index (χ3n) is 1.49. The second kappa shape index (κ2) is 4.95. The number of halogens is 4. The molecule has 13 heteroatoms. The van der Waals surface area contributed by atoms with Gasteiger partial charge in [0.05, 0.1) is 0 Å². The highest BCUT2D eigenvalue weighted by Gasteiger charge is 2.62. The zero-order chi connectivity index (χ0) is 14.5. The minimum absolute atomic E-state index is 0.631. The third-order valence-corrected chi connectivity index (χ3v) is 19.8. The Hall–Kier alpha value is 1.77. The van der Waals surface area contributed by atoms with Gasteiger partial charge in [0, 0.05) is 12.5 Å². The van der Waals surface area contributed by atoms with Gasteiger partial charge in [-0.05, 0) is 63.7 Å². The monoisotopic (exact) mass is 562 g/mol. The first-order chi connectivity index (χ1) is 7.00. The van der Waals surface area contributed by atoms with Crippen molar-refractivity contribution >= 4 is 93.2 Å². The Kier molecular flexibility index (Phi) is 5.47. The highest BCUT2D eigenvalue weighted by atomic mass is 79.9. The van der Waals surface area contributed by atoms with Crippen LogP contribution in [0.5, 0.6) is 0 Å². The Morgan fingerprint density at radius 3 is 0.941 bits per heavy atom. The van der Waals surface area contributed by atoms with Crippen molar-refractivity contribution in [2.24, 2.45) is 0 Å². The number of rotatable bonds is 4. The largest absolute Gasteiger partial charge is 0.283 e. The molecule has 0 radical (unpaired) electrons. The average Bonchev–Trinajstić information content (AvgIpc) is 1.98. The van der Waals surface area contributed by atoms with Gasteiger partial charge in [-0.1, -0.05) is 0 Å². The van der Waals surface area contributed by atoms with Crippen molar-refractivity contribution in [1.29, 1.82) is 0 Å². The molecule has 0 unspecified atom stereocenters. The quantitative estimate of drug-likeness (QED) is 0.476. The molecule has 0 aromatic heterocycles. The Balaban J connectivity index is 6.33. The molecule has 104 valence electrons. The molecule has 0 aliphatic rings. The molecular weight excluding hydrogens is 560 g/mol. The number of alkyl halides is 4. The molecule has 6 nitrogen and oxygen atoms in total. The van der Waals surface area contributed by atoms with E-state index in [1.54, 1.807) is 0 Å². The van der Waals surface area contributed by atoms with Crippen molar-refractivity contribution in [2.75, 3.05) is 12.5 Å². The van der Waals surface area contributed by atoms with Gasteiger partial charge in [-0.25, -0.2) is 25.3 Å². The zero-order valence-electron chi connectivity index (χ0n) is 8.19. The van der Waals surface area contributed by atoms with Crippen LogP contribution in [0.2, 0.25) is 0 Å². The number of hydrogen-bond donors (Lipinski definition) is 0. The summed E-state index contributed by atoms with van der Waals surface area (Å²) in [6, 6.07) is 0. The fourth-order valence-corrected chi connectivity index (χ4v) is 11.7.